The number of nitrogens with zero attached hydrogens (tertiary/aromatic N) is 1. The van der Waals surface area contributed by atoms with E-state index in [-0.39, 0.29) is 30.1 Å². The minimum absolute atomic E-state index is 0.0118. The van der Waals surface area contributed by atoms with Crippen molar-refractivity contribution in [2.24, 2.45) is 5.92 Å². The van der Waals surface area contributed by atoms with Crippen LogP contribution < -0.4 is 14.4 Å². The Kier molecular flexibility index (Phi) is 5.91. The lowest BCUT2D eigenvalue weighted by molar-refractivity contribution is 0.0852. The molecule has 9 heteroatoms. The fourth-order valence-corrected chi connectivity index (χ4v) is 4.55. The number of alkyl halides is 2. The summed E-state index contributed by atoms with van der Waals surface area (Å²) in [6, 6.07) is 10.1. The van der Waals surface area contributed by atoms with Crippen molar-refractivity contribution in [2.75, 3.05) is 24.6 Å². The van der Waals surface area contributed by atoms with Crippen LogP contribution in [0.2, 0.25) is 0 Å². The van der Waals surface area contributed by atoms with Crippen molar-refractivity contribution in [1.29, 1.82) is 0 Å². The summed E-state index contributed by atoms with van der Waals surface area (Å²) in [5, 5.41) is 0.246. The Morgan fingerprint density at radius 2 is 2.03 bits per heavy atom. The van der Waals surface area contributed by atoms with E-state index >= 15 is 0 Å². The quantitative estimate of drug-likeness (QED) is 0.372. The molecule has 1 N–H and O–H groups in total. The number of anilines is 1. The van der Waals surface area contributed by atoms with Gasteiger partial charge in [-0.25, -0.2) is 13.2 Å². The highest BCUT2D eigenvalue weighted by atomic mass is 32.2. The Morgan fingerprint density at radius 3 is 2.68 bits per heavy atom. The highest BCUT2D eigenvalue weighted by Gasteiger charge is 2.57. The van der Waals surface area contributed by atoms with Crippen molar-refractivity contribution >= 4 is 34.5 Å². The van der Waals surface area contributed by atoms with Crippen LogP contribution in [0.3, 0.4) is 0 Å². The Bertz CT molecular complexity index is 1240. The van der Waals surface area contributed by atoms with Crippen LogP contribution in [0.25, 0.3) is 11.0 Å². The number of rotatable bonds is 8. The maximum absolute atomic E-state index is 14.6. The van der Waals surface area contributed by atoms with E-state index in [2.05, 4.69) is 4.72 Å². The second-order valence-corrected chi connectivity index (χ2v) is 10.0. The summed E-state index contributed by atoms with van der Waals surface area (Å²) >= 11 is 1.01. The number of furan rings is 1. The molecule has 2 aromatic carbocycles. The first kappa shape index (κ1) is 23.0. The third-order valence-corrected chi connectivity index (χ3v) is 7.13. The van der Waals surface area contributed by atoms with E-state index in [1.165, 1.54) is 12.1 Å². The lowest BCUT2D eigenvalue weighted by Gasteiger charge is -2.33. The predicted octanol–water partition coefficient (Wildman–Crippen LogP) is 6.38. The van der Waals surface area contributed by atoms with Gasteiger partial charge in [0.2, 0.25) is 0 Å². The topological polar surface area (TPSA) is 54.7 Å². The minimum Gasteiger partial charge on any atom is -0.492 e. The molecule has 34 heavy (non-hydrogen) atoms. The van der Waals surface area contributed by atoms with Crippen molar-refractivity contribution < 1.29 is 27.1 Å². The first-order chi connectivity index (χ1) is 16.2. The van der Waals surface area contributed by atoms with Gasteiger partial charge in [0.15, 0.2) is 5.76 Å². The number of carbonyl (C=O) groups excluding carboxylic acids is 1. The average molecular weight is 491 g/mol. The molecule has 0 bridgehead atoms. The number of hydrogen-bond acceptors (Lipinski definition) is 5. The fraction of sp³-hybridized carbons (Fsp3) is 0.400. The van der Waals surface area contributed by atoms with E-state index in [0.29, 0.717) is 16.2 Å². The summed E-state index contributed by atoms with van der Waals surface area (Å²) in [6.07, 6.45) is 0.897. The van der Waals surface area contributed by atoms with Crippen LogP contribution in [-0.4, -0.2) is 31.5 Å². The highest BCUT2D eigenvalue weighted by molar-refractivity contribution is 7.98. The molecule has 0 spiro atoms. The van der Waals surface area contributed by atoms with Crippen molar-refractivity contribution in [1.82, 2.24) is 4.72 Å². The fourth-order valence-electron chi connectivity index (χ4n) is 3.83. The number of hydrogen-bond donors (Lipinski definition) is 1. The van der Waals surface area contributed by atoms with Gasteiger partial charge in [-0.05, 0) is 48.0 Å². The monoisotopic (exact) mass is 490 g/mol. The molecule has 3 aromatic rings. The van der Waals surface area contributed by atoms with Gasteiger partial charge >= 0.3 is 0 Å². The van der Waals surface area contributed by atoms with Gasteiger partial charge in [0, 0.05) is 37.3 Å². The minimum atomic E-state index is -2.66. The molecule has 2 fully saturated rings. The SMILES string of the molecule is CC(C)c1ccc(OCC2CC2(F)F)c(SNC(=O)c2cc3c(F)cc(N4CCC4)cc3o2)c1. The van der Waals surface area contributed by atoms with Crippen molar-refractivity contribution in [3.63, 3.8) is 0 Å². The predicted molar refractivity (Wildman–Crippen MR) is 125 cm³/mol. The van der Waals surface area contributed by atoms with E-state index in [1.807, 2.05) is 30.9 Å². The summed E-state index contributed by atoms with van der Waals surface area (Å²) in [7, 11) is 0. The second-order valence-electron chi connectivity index (χ2n) is 9.16. The second kappa shape index (κ2) is 8.76. The number of fused-ring (bicyclic) bond motifs is 1. The molecule has 2 heterocycles. The van der Waals surface area contributed by atoms with E-state index in [0.717, 1.165) is 42.7 Å². The standard InChI is InChI=1S/C25H25F3N2O3S/c1-14(2)15-4-5-20(32-13-16-12-25(16,27)28)23(8-15)34-29-24(31)22-11-18-19(26)9-17(10-21(18)33-22)30-6-3-7-30/h4-5,8-11,14,16H,3,6-7,12-13H2,1-2H3,(H,29,31). The first-order valence-corrected chi connectivity index (χ1v) is 12.1. The molecule has 1 amide bonds. The van der Waals surface area contributed by atoms with E-state index < -0.39 is 23.6 Å². The molecule has 1 saturated heterocycles. The molecular weight excluding hydrogens is 465 g/mol. The summed E-state index contributed by atoms with van der Waals surface area (Å²) in [6.45, 7) is 5.72. The number of carbonyl (C=O) groups is 1. The van der Waals surface area contributed by atoms with Gasteiger partial charge < -0.3 is 14.1 Å². The average Bonchev–Trinajstić information content (AvgIpc) is 3.15. The molecule has 1 atom stereocenters. The Labute approximate surface area is 199 Å². The van der Waals surface area contributed by atoms with Crippen molar-refractivity contribution in [3.8, 4) is 5.75 Å². The van der Waals surface area contributed by atoms with Crippen molar-refractivity contribution in [2.45, 2.75) is 43.4 Å². The Hall–Kier alpha value is -2.81. The largest absolute Gasteiger partial charge is 0.492 e. The normalized spacial score (nSPS) is 18.8. The van der Waals surface area contributed by atoms with E-state index in [4.69, 9.17) is 9.15 Å². The van der Waals surface area contributed by atoms with Gasteiger partial charge in [0.1, 0.15) is 17.1 Å². The molecule has 1 aliphatic carbocycles. The zero-order valence-electron chi connectivity index (χ0n) is 18.9. The van der Waals surface area contributed by atoms with Crippen LogP contribution in [-0.2, 0) is 0 Å². The summed E-state index contributed by atoms with van der Waals surface area (Å²) < 4.78 is 55.1. The molecular formula is C25H25F3N2O3S. The number of nitrogens with one attached hydrogen (secondary N) is 1. The Balaban J connectivity index is 1.31. The third kappa shape index (κ3) is 4.58. The number of amides is 1. The van der Waals surface area contributed by atoms with Gasteiger partial charge in [-0.2, -0.15) is 0 Å². The van der Waals surface area contributed by atoms with Crippen molar-refractivity contribution in [3.05, 3.63) is 53.5 Å². The van der Waals surface area contributed by atoms with Gasteiger partial charge in [0.05, 0.1) is 22.8 Å². The van der Waals surface area contributed by atoms with Crippen LogP contribution in [0.5, 0.6) is 5.75 Å². The molecule has 1 saturated carbocycles. The van der Waals surface area contributed by atoms with E-state index in [9.17, 15) is 18.0 Å². The van der Waals surface area contributed by atoms with Crippen LogP contribution >= 0.6 is 11.9 Å². The lowest BCUT2D eigenvalue weighted by atomic mass is 10.0. The molecule has 5 nitrogen and oxygen atoms in total. The van der Waals surface area contributed by atoms with E-state index in [1.54, 1.807) is 12.1 Å². The third-order valence-electron chi connectivity index (χ3n) is 6.30. The smallest absolute Gasteiger partial charge is 0.297 e. The summed E-state index contributed by atoms with van der Waals surface area (Å²) in [5.74, 6) is -3.76. The summed E-state index contributed by atoms with van der Waals surface area (Å²) in [5.41, 5.74) is 2.07. The van der Waals surface area contributed by atoms with Crippen LogP contribution in [0.1, 0.15) is 48.7 Å². The van der Waals surface area contributed by atoms with Crippen LogP contribution in [0, 0.1) is 11.7 Å². The number of ether oxygens (including phenoxy) is 1. The molecule has 1 aromatic heterocycles. The molecule has 0 radical (unpaired) electrons. The van der Waals surface area contributed by atoms with Gasteiger partial charge in [0.25, 0.3) is 11.8 Å². The van der Waals surface area contributed by atoms with Gasteiger partial charge in [-0.15, -0.1) is 0 Å². The Morgan fingerprint density at radius 1 is 1.26 bits per heavy atom. The highest BCUT2D eigenvalue weighted by Crippen LogP contribution is 2.49. The maximum atomic E-state index is 14.6. The zero-order valence-corrected chi connectivity index (χ0v) is 19.7. The number of halogens is 3. The van der Waals surface area contributed by atoms with Crippen LogP contribution in [0.4, 0.5) is 18.9 Å². The number of benzene rings is 2. The zero-order chi connectivity index (χ0) is 24.0. The van der Waals surface area contributed by atoms with Crippen LogP contribution in [0.15, 0.2) is 45.7 Å². The first-order valence-electron chi connectivity index (χ1n) is 11.3. The molecule has 180 valence electrons. The molecule has 1 unspecified atom stereocenters. The summed E-state index contributed by atoms with van der Waals surface area (Å²) in [4.78, 5) is 15.4. The van der Waals surface area contributed by atoms with Gasteiger partial charge in [-0.3, -0.25) is 9.52 Å². The molecule has 1 aliphatic heterocycles. The molecule has 2 aliphatic rings. The molecule has 5 rings (SSSR count). The maximum Gasteiger partial charge on any atom is 0.297 e. The lowest BCUT2D eigenvalue weighted by Crippen LogP contribution is -2.36. The van der Waals surface area contributed by atoms with Gasteiger partial charge in [-0.1, -0.05) is 19.9 Å².